The molecule has 9 heteroatoms. The number of carbonyl (C=O) groups is 1. The Kier molecular flexibility index (Phi) is 6.98. The Morgan fingerprint density at radius 3 is 2.41 bits per heavy atom. The molecule has 0 aliphatic carbocycles. The van der Waals surface area contributed by atoms with Gasteiger partial charge in [0.1, 0.15) is 6.54 Å². The fourth-order valence-corrected chi connectivity index (χ4v) is 3.91. The number of anilines is 2. The zero-order valence-corrected chi connectivity index (χ0v) is 17.7. The molecule has 0 radical (unpaired) electrons. The summed E-state index contributed by atoms with van der Waals surface area (Å²) < 4.78 is 25.9. The van der Waals surface area contributed by atoms with Crippen LogP contribution in [0.1, 0.15) is 5.56 Å². The van der Waals surface area contributed by atoms with Crippen molar-refractivity contribution in [2.24, 2.45) is 5.10 Å². The van der Waals surface area contributed by atoms with Crippen LogP contribution in [-0.2, 0) is 14.8 Å². The quantitative estimate of drug-likeness (QED) is 0.516. The highest BCUT2D eigenvalue weighted by atomic mass is 79.9. The third-order valence-corrected chi connectivity index (χ3v) is 5.36. The number of carbonyl (C=O) groups excluding carboxylic acids is 1. The van der Waals surface area contributed by atoms with Gasteiger partial charge in [-0.15, -0.1) is 0 Å². The van der Waals surface area contributed by atoms with Crippen molar-refractivity contribution in [3.63, 3.8) is 0 Å². The van der Waals surface area contributed by atoms with E-state index in [2.05, 4.69) is 26.5 Å². The number of benzene rings is 2. The first kappa shape index (κ1) is 20.9. The Balaban J connectivity index is 2.04. The minimum atomic E-state index is -3.60. The molecular formula is C18H21BrN4O3S. The molecule has 0 aromatic heterocycles. The van der Waals surface area contributed by atoms with Crippen LogP contribution in [0.3, 0.4) is 0 Å². The van der Waals surface area contributed by atoms with Crippen molar-refractivity contribution < 1.29 is 13.2 Å². The van der Waals surface area contributed by atoms with E-state index in [-0.39, 0.29) is 6.54 Å². The fourth-order valence-electron chi connectivity index (χ4n) is 2.31. The summed E-state index contributed by atoms with van der Waals surface area (Å²) in [5, 5.41) is 3.91. The molecule has 0 aliphatic heterocycles. The van der Waals surface area contributed by atoms with Crippen LogP contribution < -0.4 is 14.6 Å². The van der Waals surface area contributed by atoms with Crippen LogP contribution in [0.25, 0.3) is 0 Å². The average molecular weight is 453 g/mol. The molecular weight excluding hydrogens is 432 g/mol. The molecule has 2 aromatic carbocycles. The highest BCUT2D eigenvalue weighted by Gasteiger charge is 2.20. The van der Waals surface area contributed by atoms with Crippen LogP contribution in [0.15, 0.2) is 58.1 Å². The van der Waals surface area contributed by atoms with E-state index in [1.165, 1.54) is 6.21 Å². The van der Waals surface area contributed by atoms with Gasteiger partial charge in [-0.05, 0) is 45.8 Å². The first-order chi connectivity index (χ1) is 12.7. The van der Waals surface area contributed by atoms with Crippen molar-refractivity contribution in [3.05, 3.63) is 58.6 Å². The number of amides is 1. The maximum atomic E-state index is 12.1. The van der Waals surface area contributed by atoms with E-state index in [0.717, 1.165) is 26.3 Å². The van der Waals surface area contributed by atoms with Gasteiger partial charge >= 0.3 is 0 Å². The van der Waals surface area contributed by atoms with Gasteiger partial charge in [-0.1, -0.05) is 24.3 Å². The van der Waals surface area contributed by atoms with Crippen molar-refractivity contribution >= 4 is 49.4 Å². The highest BCUT2D eigenvalue weighted by Crippen LogP contribution is 2.25. The van der Waals surface area contributed by atoms with Crippen LogP contribution in [-0.4, -0.2) is 47.4 Å². The van der Waals surface area contributed by atoms with Gasteiger partial charge in [0, 0.05) is 18.6 Å². The summed E-state index contributed by atoms with van der Waals surface area (Å²) in [4.78, 5) is 14.1. The maximum Gasteiger partial charge on any atom is 0.260 e. The van der Waals surface area contributed by atoms with Crippen molar-refractivity contribution in [1.82, 2.24) is 5.43 Å². The Morgan fingerprint density at radius 2 is 1.85 bits per heavy atom. The minimum Gasteiger partial charge on any atom is -0.377 e. The zero-order valence-electron chi connectivity index (χ0n) is 15.3. The number of halogens is 1. The van der Waals surface area contributed by atoms with Gasteiger partial charge in [-0.3, -0.25) is 9.10 Å². The Hall–Kier alpha value is -2.39. The summed E-state index contributed by atoms with van der Waals surface area (Å²) >= 11 is 3.48. The molecule has 0 bridgehead atoms. The second-order valence-electron chi connectivity index (χ2n) is 6.00. The lowest BCUT2D eigenvalue weighted by Crippen LogP contribution is -2.38. The third kappa shape index (κ3) is 6.07. The van der Waals surface area contributed by atoms with E-state index in [9.17, 15) is 13.2 Å². The van der Waals surface area contributed by atoms with Gasteiger partial charge < -0.3 is 4.90 Å². The number of para-hydroxylation sites is 1. The zero-order chi connectivity index (χ0) is 20.0. The maximum absolute atomic E-state index is 12.1. The predicted octanol–water partition coefficient (Wildman–Crippen LogP) is 2.43. The number of hydrogen-bond acceptors (Lipinski definition) is 5. The van der Waals surface area contributed by atoms with E-state index in [4.69, 9.17) is 0 Å². The average Bonchev–Trinajstić information content (AvgIpc) is 2.59. The van der Waals surface area contributed by atoms with Crippen molar-refractivity contribution in [1.29, 1.82) is 0 Å². The number of hydrazone groups is 1. The minimum absolute atomic E-state index is 0.358. The van der Waals surface area contributed by atoms with Gasteiger partial charge in [0.05, 0.1) is 23.8 Å². The third-order valence-electron chi connectivity index (χ3n) is 3.59. The molecule has 2 rings (SSSR count). The Morgan fingerprint density at radius 1 is 1.19 bits per heavy atom. The summed E-state index contributed by atoms with van der Waals surface area (Å²) in [6, 6.07) is 14.1. The van der Waals surface area contributed by atoms with Crippen LogP contribution in [0, 0.1) is 0 Å². The van der Waals surface area contributed by atoms with Crippen molar-refractivity contribution in [2.75, 3.05) is 36.1 Å². The normalized spacial score (nSPS) is 11.4. The lowest BCUT2D eigenvalue weighted by molar-refractivity contribution is -0.119. The van der Waals surface area contributed by atoms with E-state index in [0.29, 0.717) is 5.69 Å². The molecule has 1 N–H and O–H groups in total. The van der Waals surface area contributed by atoms with E-state index < -0.39 is 15.9 Å². The molecule has 0 unspecified atom stereocenters. The summed E-state index contributed by atoms with van der Waals surface area (Å²) in [5.74, 6) is -0.537. The molecule has 0 spiro atoms. The number of hydrogen-bond donors (Lipinski definition) is 1. The second kappa shape index (κ2) is 9.01. The molecule has 27 heavy (non-hydrogen) atoms. The number of nitrogens with zero attached hydrogens (tertiary/aromatic N) is 3. The van der Waals surface area contributed by atoms with Gasteiger partial charge in [-0.2, -0.15) is 5.10 Å². The van der Waals surface area contributed by atoms with Crippen molar-refractivity contribution in [3.8, 4) is 0 Å². The number of rotatable bonds is 7. The Labute approximate surface area is 167 Å². The summed E-state index contributed by atoms with van der Waals surface area (Å²) in [7, 11) is 0.279. The smallest absolute Gasteiger partial charge is 0.260 e. The van der Waals surface area contributed by atoms with Crippen LogP contribution in [0.4, 0.5) is 11.4 Å². The molecule has 0 saturated heterocycles. The van der Waals surface area contributed by atoms with E-state index in [1.54, 1.807) is 30.3 Å². The molecule has 0 aliphatic rings. The molecule has 1 amide bonds. The molecule has 0 saturated carbocycles. The SMILES string of the molecule is CN(C)c1ccc(/C=N\NC(=O)CN(c2ccccc2)S(C)(=O)=O)cc1Br. The molecule has 0 atom stereocenters. The first-order valence-electron chi connectivity index (χ1n) is 8.00. The molecule has 0 heterocycles. The standard InChI is InChI=1S/C18H21BrN4O3S/c1-22(2)17-10-9-14(11-16(17)19)12-20-21-18(24)13-23(27(3,25)26)15-7-5-4-6-8-15/h4-12H,13H2,1-3H3,(H,21,24)/b20-12-. The molecule has 7 nitrogen and oxygen atoms in total. The number of sulfonamides is 1. The van der Waals surface area contributed by atoms with Crippen LogP contribution in [0.5, 0.6) is 0 Å². The number of nitrogens with one attached hydrogen (secondary N) is 1. The van der Waals surface area contributed by atoms with Crippen LogP contribution >= 0.6 is 15.9 Å². The summed E-state index contributed by atoms with van der Waals surface area (Å²) in [6.45, 7) is -0.358. The topological polar surface area (TPSA) is 82.1 Å². The molecule has 0 fully saturated rings. The highest BCUT2D eigenvalue weighted by molar-refractivity contribution is 9.10. The monoisotopic (exact) mass is 452 g/mol. The summed E-state index contributed by atoms with van der Waals surface area (Å²) in [6.07, 6.45) is 2.55. The first-order valence-corrected chi connectivity index (χ1v) is 10.6. The largest absolute Gasteiger partial charge is 0.377 e. The Bertz CT molecular complexity index is 931. The van der Waals surface area contributed by atoms with E-state index in [1.807, 2.05) is 37.2 Å². The van der Waals surface area contributed by atoms with Gasteiger partial charge in [0.25, 0.3) is 5.91 Å². The second-order valence-corrected chi connectivity index (χ2v) is 8.76. The molecule has 2 aromatic rings. The summed E-state index contributed by atoms with van der Waals surface area (Å²) in [5.41, 5.74) is 4.58. The predicted molar refractivity (Wildman–Crippen MR) is 113 cm³/mol. The van der Waals surface area contributed by atoms with Gasteiger partial charge in [-0.25, -0.2) is 13.8 Å². The molecule has 144 valence electrons. The fraction of sp³-hybridized carbons (Fsp3) is 0.222. The lowest BCUT2D eigenvalue weighted by atomic mass is 10.2. The van der Waals surface area contributed by atoms with Crippen LogP contribution in [0.2, 0.25) is 0 Å². The van der Waals surface area contributed by atoms with Gasteiger partial charge in [0.15, 0.2) is 0 Å². The van der Waals surface area contributed by atoms with Gasteiger partial charge in [0.2, 0.25) is 10.0 Å². The van der Waals surface area contributed by atoms with E-state index >= 15 is 0 Å². The lowest BCUT2D eigenvalue weighted by Gasteiger charge is -2.21. The van der Waals surface area contributed by atoms with Crippen molar-refractivity contribution in [2.45, 2.75) is 0 Å².